The van der Waals surface area contributed by atoms with Gasteiger partial charge in [0.05, 0.1) is 6.61 Å². The van der Waals surface area contributed by atoms with Crippen LogP contribution >= 0.6 is 24.0 Å². The molecule has 3 N–H and O–H groups in total. The van der Waals surface area contributed by atoms with Gasteiger partial charge in [0.15, 0.2) is 17.5 Å². The van der Waals surface area contributed by atoms with Crippen molar-refractivity contribution in [2.24, 2.45) is 4.99 Å². The highest BCUT2D eigenvalue weighted by Crippen LogP contribution is 2.29. The second-order valence-electron chi connectivity index (χ2n) is 6.55. The van der Waals surface area contributed by atoms with Crippen LogP contribution in [0.4, 0.5) is 8.78 Å². The Hall–Kier alpha value is -2.56. The third-order valence-corrected chi connectivity index (χ3v) is 4.57. The van der Waals surface area contributed by atoms with E-state index in [1.165, 1.54) is 17.0 Å². The number of benzene rings is 2. The van der Waals surface area contributed by atoms with Crippen LogP contribution in [0.3, 0.4) is 0 Å². The number of aromatic amines is 1. The number of rotatable bonds is 9. The Bertz CT molecular complexity index is 995. The largest absolute Gasteiger partial charge is 0.490 e. The number of alkyl halides is 2. The highest BCUT2D eigenvalue weighted by atomic mass is 127. The minimum Gasteiger partial charge on any atom is -0.490 e. The maximum atomic E-state index is 12.5. The van der Waals surface area contributed by atoms with E-state index >= 15 is 0 Å². The van der Waals surface area contributed by atoms with Crippen LogP contribution in [-0.2, 0) is 13.0 Å². The maximum Gasteiger partial charge on any atom is 0.387 e. The molecule has 0 saturated heterocycles. The van der Waals surface area contributed by atoms with E-state index in [0.717, 1.165) is 17.5 Å². The molecule has 6 nitrogen and oxygen atoms in total. The summed E-state index contributed by atoms with van der Waals surface area (Å²) >= 11 is 0. The van der Waals surface area contributed by atoms with Crippen molar-refractivity contribution in [1.82, 2.24) is 15.6 Å². The summed E-state index contributed by atoms with van der Waals surface area (Å²) in [7, 11) is 1.70. The number of hydrogen-bond acceptors (Lipinski definition) is 3. The topological polar surface area (TPSA) is 70.7 Å². The second-order valence-corrected chi connectivity index (χ2v) is 6.55. The summed E-state index contributed by atoms with van der Waals surface area (Å²) in [4.78, 5) is 7.51. The van der Waals surface area contributed by atoms with Gasteiger partial charge in [0, 0.05) is 37.2 Å². The van der Waals surface area contributed by atoms with Crippen LogP contribution in [0.1, 0.15) is 18.1 Å². The summed E-state index contributed by atoms with van der Waals surface area (Å²) in [6.07, 6.45) is 2.87. The molecule has 0 amide bonds. The molecule has 1 aromatic heterocycles. The minimum absolute atomic E-state index is 0. The number of para-hydroxylation sites is 1. The molecule has 3 aromatic rings. The average Bonchev–Trinajstić information content (AvgIpc) is 3.15. The number of guanidine groups is 1. The van der Waals surface area contributed by atoms with Crippen LogP contribution < -0.4 is 20.1 Å². The van der Waals surface area contributed by atoms with E-state index in [1.807, 2.05) is 18.3 Å². The molecule has 0 radical (unpaired) electrons. The molecule has 0 bridgehead atoms. The molecule has 168 valence electrons. The van der Waals surface area contributed by atoms with Crippen molar-refractivity contribution in [1.29, 1.82) is 0 Å². The first-order valence-corrected chi connectivity index (χ1v) is 9.80. The molecule has 0 aliphatic heterocycles. The van der Waals surface area contributed by atoms with E-state index in [9.17, 15) is 8.78 Å². The number of fused-ring (bicyclic) bond motifs is 1. The predicted molar refractivity (Wildman–Crippen MR) is 130 cm³/mol. The van der Waals surface area contributed by atoms with Gasteiger partial charge in [-0.25, -0.2) is 0 Å². The number of nitrogens with one attached hydrogen (secondary N) is 3. The van der Waals surface area contributed by atoms with Gasteiger partial charge in [0.25, 0.3) is 0 Å². The summed E-state index contributed by atoms with van der Waals surface area (Å²) in [5.74, 6) is 0.969. The van der Waals surface area contributed by atoms with Crippen molar-refractivity contribution in [2.75, 3.05) is 20.2 Å². The zero-order valence-electron chi connectivity index (χ0n) is 17.5. The van der Waals surface area contributed by atoms with Gasteiger partial charge in [-0.15, -0.1) is 24.0 Å². The van der Waals surface area contributed by atoms with Gasteiger partial charge in [-0.2, -0.15) is 8.78 Å². The normalized spacial score (nSPS) is 11.3. The molecule has 2 aromatic carbocycles. The average molecular weight is 544 g/mol. The fraction of sp³-hybridized carbons (Fsp3) is 0.318. The van der Waals surface area contributed by atoms with Crippen LogP contribution in [0, 0.1) is 0 Å². The standard InChI is InChI=1S/C22H26F2N4O2.HI/c1-3-29-20-12-15(8-9-19(20)30-21(23)24)13-28-22(25-2)26-11-10-16-14-27-18-7-5-4-6-17(16)18;/h4-9,12,14,21,27H,3,10-11,13H2,1-2H3,(H2,25,26,28);1H. The molecule has 0 unspecified atom stereocenters. The Labute approximate surface area is 197 Å². The fourth-order valence-corrected chi connectivity index (χ4v) is 3.18. The van der Waals surface area contributed by atoms with Crippen molar-refractivity contribution in [2.45, 2.75) is 26.5 Å². The second kappa shape index (κ2) is 12.3. The Morgan fingerprint density at radius 2 is 1.94 bits per heavy atom. The number of hydrogen-bond donors (Lipinski definition) is 3. The molecule has 0 saturated carbocycles. The molecule has 3 rings (SSSR count). The van der Waals surface area contributed by atoms with Crippen LogP contribution in [0.5, 0.6) is 11.5 Å². The number of nitrogens with zero attached hydrogens (tertiary/aromatic N) is 1. The Kier molecular flexibility index (Phi) is 9.83. The monoisotopic (exact) mass is 544 g/mol. The van der Waals surface area contributed by atoms with Crippen molar-refractivity contribution in [3.63, 3.8) is 0 Å². The lowest BCUT2D eigenvalue weighted by molar-refractivity contribution is -0.0514. The summed E-state index contributed by atoms with van der Waals surface area (Å²) in [5, 5.41) is 7.73. The van der Waals surface area contributed by atoms with Gasteiger partial charge in [0.1, 0.15) is 0 Å². The van der Waals surface area contributed by atoms with E-state index in [2.05, 4.69) is 37.5 Å². The lowest BCUT2D eigenvalue weighted by atomic mass is 10.1. The number of aromatic nitrogens is 1. The molecule has 31 heavy (non-hydrogen) atoms. The molecule has 0 aliphatic carbocycles. The number of halogens is 3. The molecular weight excluding hydrogens is 517 g/mol. The number of aliphatic imine (C=N–C) groups is 1. The van der Waals surface area contributed by atoms with Crippen molar-refractivity contribution >= 4 is 40.8 Å². The molecule has 0 aliphatic rings. The minimum atomic E-state index is -2.90. The molecule has 0 fully saturated rings. The summed E-state index contributed by atoms with van der Waals surface area (Å²) in [6.45, 7) is 0.423. The van der Waals surface area contributed by atoms with Crippen LogP contribution in [-0.4, -0.2) is 37.8 Å². The molecular formula is C22H27F2IN4O2. The van der Waals surface area contributed by atoms with Gasteiger partial charge in [-0.05, 0) is 42.7 Å². The van der Waals surface area contributed by atoms with E-state index in [1.54, 1.807) is 26.1 Å². The Morgan fingerprint density at radius 3 is 2.68 bits per heavy atom. The summed E-state index contributed by atoms with van der Waals surface area (Å²) < 4.78 is 35.0. The SMILES string of the molecule is CCOc1cc(CNC(=NC)NCCc2c[nH]c3ccccc23)ccc1OC(F)F.I. The highest BCUT2D eigenvalue weighted by molar-refractivity contribution is 14.0. The maximum absolute atomic E-state index is 12.5. The third kappa shape index (κ3) is 6.98. The lowest BCUT2D eigenvalue weighted by Gasteiger charge is -2.15. The summed E-state index contributed by atoms with van der Waals surface area (Å²) in [6, 6.07) is 13.1. The summed E-state index contributed by atoms with van der Waals surface area (Å²) in [5.41, 5.74) is 3.23. The molecule has 9 heteroatoms. The van der Waals surface area contributed by atoms with Gasteiger partial charge in [-0.1, -0.05) is 24.3 Å². The molecule has 0 spiro atoms. The van der Waals surface area contributed by atoms with Crippen LogP contribution in [0.15, 0.2) is 53.7 Å². The molecule has 0 atom stereocenters. The van der Waals surface area contributed by atoms with E-state index in [0.29, 0.717) is 31.4 Å². The van der Waals surface area contributed by atoms with E-state index < -0.39 is 6.61 Å². The predicted octanol–water partition coefficient (Wildman–Crippen LogP) is 4.69. The van der Waals surface area contributed by atoms with E-state index in [-0.39, 0.29) is 29.7 Å². The Balaban J connectivity index is 0.00000341. The van der Waals surface area contributed by atoms with E-state index in [4.69, 9.17) is 4.74 Å². The number of H-pyrrole nitrogens is 1. The van der Waals surface area contributed by atoms with Crippen LogP contribution in [0.25, 0.3) is 10.9 Å². The first-order valence-electron chi connectivity index (χ1n) is 9.80. The van der Waals surface area contributed by atoms with Gasteiger partial charge in [0.2, 0.25) is 0 Å². The smallest absolute Gasteiger partial charge is 0.387 e. The molecule has 1 heterocycles. The highest BCUT2D eigenvalue weighted by Gasteiger charge is 2.12. The quantitative estimate of drug-likeness (QED) is 0.208. The van der Waals surface area contributed by atoms with Gasteiger partial charge < -0.3 is 25.1 Å². The van der Waals surface area contributed by atoms with Crippen molar-refractivity contribution < 1.29 is 18.3 Å². The first kappa shape index (κ1) is 24.7. The van der Waals surface area contributed by atoms with Crippen molar-refractivity contribution in [3.8, 4) is 11.5 Å². The third-order valence-electron chi connectivity index (χ3n) is 4.57. The van der Waals surface area contributed by atoms with Gasteiger partial charge in [-0.3, -0.25) is 4.99 Å². The zero-order chi connectivity index (χ0) is 21.3. The van der Waals surface area contributed by atoms with Gasteiger partial charge >= 0.3 is 6.61 Å². The Morgan fingerprint density at radius 1 is 1.13 bits per heavy atom. The number of ether oxygens (including phenoxy) is 2. The van der Waals surface area contributed by atoms with Crippen molar-refractivity contribution in [3.05, 3.63) is 59.8 Å². The first-order chi connectivity index (χ1) is 14.6. The zero-order valence-corrected chi connectivity index (χ0v) is 19.8. The fourth-order valence-electron chi connectivity index (χ4n) is 3.18. The lowest BCUT2D eigenvalue weighted by Crippen LogP contribution is -2.37. The van der Waals surface area contributed by atoms with Crippen LogP contribution in [0.2, 0.25) is 0 Å².